The third-order valence-corrected chi connectivity index (χ3v) is 13.3. The molecule has 7 N–H and O–H groups in total. The van der Waals surface area contributed by atoms with E-state index in [-0.39, 0.29) is 25.6 Å². The van der Waals surface area contributed by atoms with Crippen molar-refractivity contribution in [2.45, 2.75) is 287 Å². The van der Waals surface area contributed by atoms with Gasteiger partial charge >= 0.3 is 5.97 Å². The van der Waals surface area contributed by atoms with Crippen LogP contribution in [0.2, 0.25) is 0 Å². The molecule has 11 unspecified atom stereocenters. The molecule has 2 rings (SSSR count). The predicted molar refractivity (Wildman–Crippen MR) is 261 cm³/mol. The summed E-state index contributed by atoms with van der Waals surface area (Å²) in [5.74, 6) is -0.376. The van der Waals surface area contributed by atoms with Crippen molar-refractivity contribution in [2.75, 3.05) is 33.0 Å². The molecule has 67 heavy (non-hydrogen) atoms. The van der Waals surface area contributed by atoms with E-state index in [2.05, 4.69) is 26.0 Å². The smallest absolute Gasteiger partial charge is 0.306 e. The van der Waals surface area contributed by atoms with E-state index >= 15 is 0 Å². The van der Waals surface area contributed by atoms with Crippen molar-refractivity contribution in [1.82, 2.24) is 0 Å². The van der Waals surface area contributed by atoms with Gasteiger partial charge in [-0.2, -0.15) is 0 Å². The Bertz CT molecular complexity index is 1160. The largest absolute Gasteiger partial charge is 0.457 e. The first-order valence-electron chi connectivity index (χ1n) is 27.3. The van der Waals surface area contributed by atoms with Gasteiger partial charge in [0.25, 0.3) is 0 Å². The van der Waals surface area contributed by atoms with Gasteiger partial charge in [-0.05, 0) is 38.5 Å². The van der Waals surface area contributed by atoms with Crippen LogP contribution in [-0.2, 0) is 33.2 Å². The van der Waals surface area contributed by atoms with Gasteiger partial charge in [-0.3, -0.25) is 4.79 Å². The van der Waals surface area contributed by atoms with Crippen LogP contribution in [0.25, 0.3) is 0 Å². The van der Waals surface area contributed by atoms with Gasteiger partial charge in [-0.15, -0.1) is 0 Å². The lowest BCUT2D eigenvalue weighted by Gasteiger charge is -2.42. The Morgan fingerprint density at radius 3 is 1.36 bits per heavy atom. The Balaban J connectivity index is 1.75. The third-order valence-electron chi connectivity index (χ3n) is 13.3. The van der Waals surface area contributed by atoms with E-state index in [1.54, 1.807) is 0 Å². The molecule has 0 radical (unpaired) electrons. The molecule has 11 atom stereocenters. The molecule has 2 saturated heterocycles. The Morgan fingerprint density at radius 1 is 0.478 bits per heavy atom. The Kier molecular flexibility index (Phi) is 38.2. The molecule has 0 aromatic rings. The van der Waals surface area contributed by atoms with Crippen LogP contribution in [0.15, 0.2) is 12.2 Å². The molecule has 0 saturated carbocycles. The second-order valence-electron chi connectivity index (χ2n) is 19.4. The first-order valence-corrected chi connectivity index (χ1v) is 27.3. The number of aliphatic hydroxyl groups is 7. The van der Waals surface area contributed by atoms with Gasteiger partial charge in [0.1, 0.15) is 54.9 Å². The number of hydrogen-bond donors (Lipinski definition) is 7. The first kappa shape index (κ1) is 61.8. The normalized spacial score (nSPS) is 26.1. The van der Waals surface area contributed by atoms with Crippen LogP contribution in [0.1, 0.15) is 219 Å². The number of ether oxygens (including phenoxy) is 6. The number of carbonyl (C=O) groups excluding carboxylic acids is 1. The summed E-state index contributed by atoms with van der Waals surface area (Å²) in [5, 5.41) is 72.2. The minimum atomic E-state index is -1.70. The molecule has 0 aromatic heterocycles. The summed E-state index contributed by atoms with van der Waals surface area (Å²) in [4.78, 5) is 13.0. The molecule has 0 spiro atoms. The van der Waals surface area contributed by atoms with Gasteiger partial charge in [0, 0.05) is 13.0 Å². The Morgan fingerprint density at radius 2 is 0.881 bits per heavy atom. The summed E-state index contributed by atoms with van der Waals surface area (Å²) in [6, 6.07) is 0. The molecule has 0 bridgehead atoms. The number of hydrogen-bond acceptors (Lipinski definition) is 14. The lowest BCUT2D eigenvalue weighted by atomic mass is 9.98. The first-order chi connectivity index (χ1) is 32.6. The third kappa shape index (κ3) is 29.0. The molecular formula is C53H100O14. The maximum atomic E-state index is 13.0. The van der Waals surface area contributed by atoms with E-state index in [4.69, 9.17) is 28.4 Å². The topological polar surface area (TPSA) is 214 Å². The summed E-state index contributed by atoms with van der Waals surface area (Å²) in [7, 11) is 0. The summed E-state index contributed by atoms with van der Waals surface area (Å²) in [6.45, 7) is 3.72. The number of carbonyl (C=O) groups is 1. The highest BCUT2D eigenvalue weighted by molar-refractivity contribution is 5.69. The number of esters is 1. The zero-order chi connectivity index (χ0) is 48.7. The zero-order valence-electron chi connectivity index (χ0n) is 42.2. The van der Waals surface area contributed by atoms with E-state index in [9.17, 15) is 40.5 Å². The second kappa shape index (κ2) is 41.4. The van der Waals surface area contributed by atoms with Crippen molar-refractivity contribution < 1.29 is 69.0 Å². The molecule has 14 heteroatoms. The molecule has 2 aliphatic rings. The quantitative estimate of drug-likeness (QED) is 0.0173. The maximum Gasteiger partial charge on any atom is 0.306 e. The molecular weight excluding hydrogens is 861 g/mol. The molecule has 396 valence electrons. The molecule has 2 aliphatic heterocycles. The van der Waals surface area contributed by atoms with Crippen LogP contribution in [0.4, 0.5) is 0 Å². The zero-order valence-corrected chi connectivity index (χ0v) is 42.2. The van der Waals surface area contributed by atoms with Crippen LogP contribution < -0.4 is 0 Å². The van der Waals surface area contributed by atoms with Crippen LogP contribution in [0.3, 0.4) is 0 Å². The van der Waals surface area contributed by atoms with Gasteiger partial charge in [0.05, 0.1) is 26.4 Å². The fraction of sp³-hybridized carbons (Fsp3) is 0.943. The van der Waals surface area contributed by atoms with E-state index < -0.39 is 80.7 Å². The standard InChI is InChI=1S/C53H100O14/c1-3-5-7-9-11-13-15-17-19-21-22-24-26-28-30-32-34-36-45(55)65-42(39-62-37-35-33-31-29-27-25-23-20-18-16-14-12-10-8-6-4-2)40-63-52-51(61)49(59)47(57)44(67-52)41-64-53-50(60)48(58)46(56)43(38-54)66-53/h17,19,42-44,46-54,56-61H,3-16,18,20-41H2,1-2H3/b19-17-. The fourth-order valence-electron chi connectivity index (χ4n) is 8.81. The maximum absolute atomic E-state index is 13.0. The lowest BCUT2D eigenvalue weighted by molar-refractivity contribution is -0.332. The summed E-state index contributed by atoms with van der Waals surface area (Å²) in [6.07, 6.45) is 26.9. The minimum Gasteiger partial charge on any atom is -0.457 e. The van der Waals surface area contributed by atoms with Gasteiger partial charge < -0.3 is 64.2 Å². The fourth-order valence-corrected chi connectivity index (χ4v) is 8.81. The van der Waals surface area contributed by atoms with Crippen molar-refractivity contribution in [2.24, 2.45) is 0 Å². The van der Waals surface area contributed by atoms with Crippen LogP contribution >= 0.6 is 0 Å². The van der Waals surface area contributed by atoms with Crippen molar-refractivity contribution in [3.63, 3.8) is 0 Å². The molecule has 0 aliphatic carbocycles. The highest BCUT2D eigenvalue weighted by Crippen LogP contribution is 2.27. The van der Waals surface area contributed by atoms with Crippen molar-refractivity contribution in [3.05, 3.63) is 12.2 Å². The van der Waals surface area contributed by atoms with Crippen molar-refractivity contribution >= 4 is 5.97 Å². The van der Waals surface area contributed by atoms with E-state index in [1.807, 2.05) is 0 Å². The van der Waals surface area contributed by atoms with Crippen LogP contribution in [0.5, 0.6) is 0 Å². The lowest BCUT2D eigenvalue weighted by Crippen LogP contribution is -2.61. The molecule has 2 fully saturated rings. The average molecular weight is 961 g/mol. The van der Waals surface area contributed by atoms with Crippen LogP contribution in [-0.4, -0.2) is 142 Å². The van der Waals surface area contributed by atoms with E-state index in [1.165, 1.54) is 148 Å². The predicted octanol–water partition coefficient (Wildman–Crippen LogP) is 8.63. The Labute approximate surface area is 405 Å². The van der Waals surface area contributed by atoms with Gasteiger partial charge in [0.15, 0.2) is 12.6 Å². The van der Waals surface area contributed by atoms with Gasteiger partial charge in [-0.25, -0.2) is 0 Å². The summed E-state index contributed by atoms with van der Waals surface area (Å²) < 4.78 is 34.3. The Hall–Kier alpha value is -1.27. The number of aliphatic hydroxyl groups excluding tert-OH is 7. The minimum absolute atomic E-state index is 0.0658. The number of rotatable bonds is 44. The number of unbranched alkanes of at least 4 members (excludes halogenated alkanes) is 28. The van der Waals surface area contributed by atoms with Gasteiger partial charge in [-0.1, -0.05) is 187 Å². The highest BCUT2D eigenvalue weighted by Gasteiger charge is 2.47. The SMILES string of the molecule is CCCCCCCC/C=C\CCCCCCCCCC(=O)OC(COCCCCCCCCCCCCCCCCCC)COC1OC(COC2OC(CO)C(O)C(O)C2O)C(O)C(O)C1O. The van der Waals surface area contributed by atoms with Crippen molar-refractivity contribution in [1.29, 1.82) is 0 Å². The summed E-state index contributed by atoms with van der Waals surface area (Å²) >= 11 is 0. The average Bonchev–Trinajstić information content (AvgIpc) is 3.32. The molecule has 0 aromatic carbocycles. The second-order valence-corrected chi connectivity index (χ2v) is 19.4. The van der Waals surface area contributed by atoms with Crippen LogP contribution in [0, 0.1) is 0 Å². The summed E-state index contributed by atoms with van der Waals surface area (Å²) in [5.41, 5.74) is 0. The number of allylic oxidation sites excluding steroid dienone is 2. The monoisotopic (exact) mass is 961 g/mol. The van der Waals surface area contributed by atoms with E-state index in [0.717, 1.165) is 44.9 Å². The molecule has 0 amide bonds. The van der Waals surface area contributed by atoms with Crippen molar-refractivity contribution in [3.8, 4) is 0 Å². The highest BCUT2D eigenvalue weighted by atomic mass is 16.7. The molecule has 14 nitrogen and oxygen atoms in total. The molecule has 2 heterocycles. The van der Waals surface area contributed by atoms with Gasteiger partial charge in [0.2, 0.25) is 0 Å². The van der Waals surface area contributed by atoms with E-state index in [0.29, 0.717) is 13.0 Å².